The minimum absolute atomic E-state index is 0.524. The molecule has 2 heteroatoms. The number of fused-ring (bicyclic) bond motifs is 1. The van der Waals surface area contributed by atoms with Gasteiger partial charge in [-0.1, -0.05) is 54.6 Å². The molecule has 0 bridgehead atoms. The van der Waals surface area contributed by atoms with E-state index < -0.39 is 0 Å². The Morgan fingerprint density at radius 3 is 2.61 bits per heavy atom. The lowest BCUT2D eigenvalue weighted by Crippen LogP contribution is -2.39. The van der Waals surface area contributed by atoms with Crippen LogP contribution in [-0.4, -0.2) is 24.5 Å². The summed E-state index contributed by atoms with van der Waals surface area (Å²) >= 11 is 0. The molecule has 2 aliphatic heterocycles. The molecule has 2 nitrogen and oxygen atoms in total. The van der Waals surface area contributed by atoms with Gasteiger partial charge < -0.3 is 5.32 Å². The summed E-state index contributed by atoms with van der Waals surface area (Å²) in [4.78, 5) is 2.66. The summed E-state index contributed by atoms with van der Waals surface area (Å²) < 4.78 is 0. The lowest BCUT2D eigenvalue weighted by molar-refractivity contribution is 0.239. The highest BCUT2D eigenvalue weighted by molar-refractivity contribution is 5.30. The molecule has 2 aliphatic rings. The third kappa shape index (κ3) is 3.06. The summed E-state index contributed by atoms with van der Waals surface area (Å²) in [6.07, 6.45) is 1.32. The van der Waals surface area contributed by atoms with Crippen molar-refractivity contribution < 1.29 is 0 Å². The molecule has 2 aromatic rings. The molecule has 2 aromatic carbocycles. The number of hydrogen-bond donors (Lipinski definition) is 1. The Balaban J connectivity index is 1.51. The van der Waals surface area contributed by atoms with Crippen LogP contribution in [0.4, 0.5) is 0 Å². The molecule has 120 valence electrons. The normalized spacial score (nSPS) is 27.8. The van der Waals surface area contributed by atoms with Crippen molar-refractivity contribution in [3.05, 3.63) is 71.3 Å². The second-order valence-corrected chi connectivity index (χ2v) is 7.18. The molecule has 0 aliphatic carbocycles. The van der Waals surface area contributed by atoms with E-state index in [9.17, 15) is 0 Å². The van der Waals surface area contributed by atoms with Crippen LogP contribution in [-0.2, 0) is 6.54 Å². The second-order valence-electron chi connectivity index (χ2n) is 7.18. The van der Waals surface area contributed by atoms with Crippen LogP contribution < -0.4 is 5.32 Å². The van der Waals surface area contributed by atoms with Crippen LogP contribution in [0.15, 0.2) is 54.6 Å². The van der Waals surface area contributed by atoms with E-state index in [4.69, 9.17) is 0 Å². The molecule has 0 saturated carbocycles. The number of aryl methyl sites for hydroxylation is 1. The lowest BCUT2D eigenvalue weighted by atomic mass is 9.79. The molecular formula is C21H26N2. The average molecular weight is 306 g/mol. The molecule has 2 unspecified atom stereocenters. The van der Waals surface area contributed by atoms with Gasteiger partial charge in [-0.15, -0.1) is 0 Å². The molecule has 2 saturated heterocycles. The molecule has 0 aromatic heterocycles. The summed E-state index contributed by atoms with van der Waals surface area (Å²) in [5.41, 5.74) is 4.36. The Morgan fingerprint density at radius 1 is 1.00 bits per heavy atom. The third-order valence-electron chi connectivity index (χ3n) is 5.65. The van der Waals surface area contributed by atoms with Crippen molar-refractivity contribution in [1.82, 2.24) is 10.2 Å². The van der Waals surface area contributed by atoms with Gasteiger partial charge in [-0.2, -0.15) is 0 Å². The zero-order valence-corrected chi connectivity index (χ0v) is 13.9. The monoisotopic (exact) mass is 306 g/mol. The zero-order valence-electron chi connectivity index (χ0n) is 13.9. The fourth-order valence-electron chi connectivity index (χ4n) is 4.49. The smallest absolute Gasteiger partial charge is 0.0366 e. The first-order valence-corrected chi connectivity index (χ1v) is 8.86. The van der Waals surface area contributed by atoms with Crippen LogP contribution in [0.5, 0.6) is 0 Å². The Morgan fingerprint density at radius 2 is 1.78 bits per heavy atom. The topological polar surface area (TPSA) is 15.3 Å². The third-order valence-corrected chi connectivity index (χ3v) is 5.65. The molecular weight excluding hydrogens is 280 g/mol. The Hall–Kier alpha value is -1.64. The van der Waals surface area contributed by atoms with Crippen molar-refractivity contribution in [2.24, 2.45) is 11.8 Å². The minimum atomic E-state index is 0.524. The van der Waals surface area contributed by atoms with E-state index >= 15 is 0 Å². The number of rotatable bonds is 3. The highest BCUT2D eigenvalue weighted by Gasteiger charge is 2.40. The molecule has 0 radical (unpaired) electrons. The number of piperidine rings is 1. The van der Waals surface area contributed by atoms with E-state index in [-0.39, 0.29) is 0 Å². The summed E-state index contributed by atoms with van der Waals surface area (Å²) in [5.74, 6) is 1.58. The van der Waals surface area contributed by atoms with Crippen LogP contribution >= 0.6 is 0 Å². The molecule has 23 heavy (non-hydrogen) atoms. The summed E-state index contributed by atoms with van der Waals surface area (Å²) in [6, 6.07) is 20.3. The standard InChI is InChI=1S/C21H26N2/c1-16-7-5-6-10-19(16)21-20-15-23(14-18(20)11-12-22-21)13-17-8-3-2-4-9-17/h2-10,18,20-22H,11-15H2,1H3/t18-,20?,21?/m1/s1. The van der Waals surface area contributed by atoms with Crippen molar-refractivity contribution in [3.63, 3.8) is 0 Å². The van der Waals surface area contributed by atoms with Gasteiger partial charge in [0.05, 0.1) is 0 Å². The Labute approximate surface area is 139 Å². The SMILES string of the molecule is Cc1ccccc1C1NCC[C@@H]2CN(Cc3ccccc3)CC12. The van der Waals surface area contributed by atoms with Crippen LogP contribution in [0.3, 0.4) is 0 Å². The Bertz CT molecular complexity index is 652. The lowest BCUT2D eigenvalue weighted by Gasteiger charge is -2.35. The van der Waals surface area contributed by atoms with E-state index in [0.29, 0.717) is 6.04 Å². The van der Waals surface area contributed by atoms with E-state index in [2.05, 4.69) is 71.7 Å². The maximum Gasteiger partial charge on any atom is 0.0366 e. The number of likely N-dealkylation sites (tertiary alicyclic amines) is 1. The first-order valence-electron chi connectivity index (χ1n) is 8.86. The van der Waals surface area contributed by atoms with Gasteiger partial charge in [0.2, 0.25) is 0 Å². The van der Waals surface area contributed by atoms with Gasteiger partial charge in [-0.25, -0.2) is 0 Å². The van der Waals surface area contributed by atoms with E-state index in [1.54, 1.807) is 0 Å². The van der Waals surface area contributed by atoms with Gasteiger partial charge in [0.15, 0.2) is 0 Å². The second kappa shape index (κ2) is 6.46. The van der Waals surface area contributed by atoms with Crippen molar-refractivity contribution in [1.29, 1.82) is 0 Å². The minimum Gasteiger partial charge on any atom is -0.310 e. The number of benzene rings is 2. The number of nitrogens with zero attached hydrogens (tertiary/aromatic N) is 1. The van der Waals surface area contributed by atoms with Gasteiger partial charge in [0.1, 0.15) is 0 Å². The predicted octanol–water partition coefficient (Wildman–Crippen LogP) is 3.78. The average Bonchev–Trinajstić information content (AvgIpc) is 2.99. The zero-order chi connectivity index (χ0) is 15.6. The highest BCUT2D eigenvalue weighted by atomic mass is 15.2. The van der Waals surface area contributed by atoms with E-state index in [1.165, 1.54) is 36.2 Å². The van der Waals surface area contributed by atoms with E-state index in [1.807, 2.05) is 0 Å². The van der Waals surface area contributed by atoms with Crippen molar-refractivity contribution in [2.75, 3.05) is 19.6 Å². The van der Waals surface area contributed by atoms with Crippen LogP contribution in [0, 0.1) is 18.8 Å². The van der Waals surface area contributed by atoms with Crippen molar-refractivity contribution in [3.8, 4) is 0 Å². The predicted molar refractivity (Wildman–Crippen MR) is 95.2 cm³/mol. The fourth-order valence-corrected chi connectivity index (χ4v) is 4.49. The molecule has 0 spiro atoms. The first-order chi connectivity index (χ1) is 11.3. The van der Waals surface area contributed by atoms with Gasteiger partial charge in [0.25, 0.3) is 0 Å². The number of hydrogen-bond acceptors (Lipinski definition) is 2. The first kappa shape index (κ1) is 14.9. The summed E-state index contributed by atoms with van der Waals surface area (Å²) in [5, 5.41) is 3.81. The maximum atomic E-state index is 3.81. The summed E-state index contributed by atoms with van der Waals surface area (Å²) in [6.45, 7) is 6.96. The fraction of sp³-hybridized carbons (Fsp3) is 0.429. The van der Waals surface area contributed by atoms with Crippen LogP contribution in [0.1, 0.15) is 29.2 Å². The van der Waals surface area contributed by atoms with Gasteiger partial charge in [0, 0.05) is 25.7 Å². The van der Waals surface area contributed by atoms with E-state index in [0.717, 1.165) is 24.9 Å². The highest BCUT2D eigenvalue weighted by Crippen LogP contribution is 2.40. The van der Waals surface area contributed by atoms with Crippen LogP contribution in [0.25, 0.3) is 0 Å². The maximum absolute atomic E-state index is 3.81. The molecule has 2 heterocycles. The van der Waals surface area contributed by atoms with Gasteiger partial charge in [-0.05, 0) is 48.4 Å². The summed E-state index contributed by atoms with van der Waals surface area (Å²) in [7, 11) is 0. The molecule has 0 amide bonds. The largest absolute Gasteiger partial charge is 0.310 e. The van der Waals surface area contributed by atoms with Crippen molar-refractivity contribution >= 4 is 0 Å². The quantitative estimate of drug-likeness (QED) is 0.928. The van der Waals surface area contributed by atoms with Crippen molar-refractivity contribution in [2.45, 2.75) is 25.9 Å². The van der Waals surface area contributed by atoms with Gasteiger partial charge in [-0.3, -0.25) is 4.90 Å². The molecule has 4 rings (SSSR count). The Kier molecular flexibility index (Phi) is 4.19. The molecule has 3 atom stereocenters. The molecule has 2 fully saturated rings. The van der Waals surface area contributed by atoms with Gasteiger partial charge >= 0.3 is 0 Å². The van der Waals surface area contributed by atoms with Crippen LogP contribution in [0.2, 0.25) is 0 Å². The number of nitrogens with one attached hydrogen (secondary N) is 1. The molecule has 1 N–H and O–H groups in total.